The highest BCUT2D eigenvalue weighted by Crippen LogP contribution is 2.17. The van der Waals surface area contributed by atoms with E-state index >= 15 is 0 Å². The monoisotopic (exact) mass is 335 g/mol. The average Bonchev–Trinajstić information content (AvgIpc) is 3.03. The Balaban J connectivity index is 1.64. The molecule has 2 N–H and O–H groups in total. The van der Waals surface area contributed by atoms with Crippen molar-refractivity contribution in [1.29, 1.82) is 0 Å². The molecule has 0 unspecified atom stereocenters. The molecule has 0 aliphatic heterocycles. The molecule has 0 amide bonds. The van der Waals surface area contributed by atoms with Gasteiger partial charge in [-0.3, -0.25) is 19.8 Å². The van der Waals surface area contributed by atoms with E-state index in [-0.39, 0.29) is 11.1 Å². The van der Waals surface area contributed by atoms with Gasteiger partial charge in [0, 0.05) is 18.3 Å². The summed E-state index contributed by atoms with van der Waals surface area (Å²) in [6, 6.07) is 10.3. The summed E-state index contributed by atoms with van der Waals surface area (Å²) >= 11 is 0. The van der Waals surface area contributed by atoms with E-state index in [2.05, 4.69) is 49.4 Å². The molecular formula is C18H17N5O2. The zero-order chi connectivity index (χ0) is 17.4. The predicted octanol–water partition coefficient (Wildman–Crippen LogP) is 1.90. The minimum atomic E-state index is -0.348. The maximum absolute atomic E-state index is 12.2. The summed E-state index contributed by atoms with van der Waals surface area (Å²) in [7, 11) is 0. The fourth-order valence-electron chi connectivity index (χ4n) is 3.25. The number of hydrogen-bond acceptors (Lipinski definition) is 4. The minimum Gasteiger partial charge on any atom is -0.347 e. The molecule has 0 atom stereocenters. The van der Waals surface area contributed by atoms with Crippen LogP contribution in [0.25, 0.3) is 21.7 Å². The Bertz CT molecular complexity index is 1190. The molecule has 3 aromatic heterocycles. The number of H-pyrrole nitrogens is 2. The summed E-state index contributed by atoms with van der Waals surface area (Å²) in [6.45, 7) is 2.48. The first kappa shape index (κ1) is 15.3. The van der Waals surface area contributed by atoms with Crippen LogP contribution in [0.5, 0.6) is 0 Å². The lowest BCUT2D eigenvalue weighted by molar-refractivity contribution is 0.652. The largest absolute Gasteiger partial charge is 0.347 e. The number of benzene rings is 1. The number of aromatic nitrogens is 5. The quantitative estimate of drug-likeness (QED) is 0.595. The van der Waals surface area contributed by atoms with Gasteiger partial charge in [0.05, 0.1) is 22.2 Å². The molecule has 25 heavy (non-hydrogen) atoms. The average molecular weight is 335 g/mol. The summed E-state index contributed by atoms with van der Waals surface area (Å²) in [4.78, 5) is 24.2. The summed E-state index contributed by atoms with van der Waals surface area (Å²) < 4.78 is 2.18. The third-order valence-corrected chi connectivity index (χ3v) is 4.46. The van der Waals surface area contributed by atoms with Gasteiger partial charge < -0.3 is 4.57 Å². The van der Waals surface area contributed by atoms with E-state index in [9.17, 15) is 9.59 Å². The fraction of sp³-hybridized carbons (Fsp3) is 0.222. The van der Waals surface area contributed by atoms with Gasteiger partial charge >= 0.3 is 0 Å². The third kappa shape index (κ3) is 2.63. The number of fused-ring (bicyclic) bond motifs is 2. The standard InChI is InChI=1S/C18H17N5O2/c1-11-15-16(18(25)22-21-17(15)24)13(20-19-11)6-4-9-23-10-8-12-5-2-3-7-14(12)23/h2-3,5,7-8,10H,4,6,9H2,1H3,(H,21,24)(H,22,25). The Hall–Kier alpha value is -3.22. The number of nitrogens with one attached hydrogen (secondary N) is 2. The lowest BCUT2D eigenvalue weighted by Crippen LogP contribution is -2.22. The molecule has 0 aliphatic carbocycles. The zero-order valence-electron chi connectivity index (χ0n) is 13.7. The Morgan fingerprint density at radius 3 is 2.60 bits per heavy atom. The normalized spacial score (nSPS) is 11.4. The molecule has 3 heterocycles. The molecule has 7 nitrogen and oxygen atoms in total. The third-order valence-electron chi connectivity index (χ3n) is 4.46. The molecule has 0 aliphatic rings. The highest BCUT2D eigenvalue weighted by molar-refractivity contribution is 5.84. The Morgan fingerprint density at radius 1 is 1.00 bits per heavy atom. The molecule has 7 heteroatoms. The van der Waals surface area contributed by atoms with Crippen LogP contribution in [0.4, 0.5) is 0 Å². The van der Waals surface area contributed by atoms with Gasteiger partial charge in [0.1, 0.15) is 0 Å². The van der Waals surface area contributed by atoms with Gasteiger partial charge in [-0.1, -0.05) is 18.2 Å². The van der Waals surface area contributed by atoms with Crippen molar-refractivity contribution in [2.24, 2.45) is 0 Å². The molecule has 0 bridgehead atoms. The second kappa shape index (κ2) is 6.01. The van der Waals surface area contributed by atoms with Gasteiger partial charge in [0.2, 0.25) is 0 Å². The van der Waals surface area contributed by atoms with Gasteiger partial charge in [0.15, 0.2) is 0 Å². The number of nitrogens with zero attached hydrogens (tertiary/aromatic N) is 3. The number of aromatic amines is 2. The van der Waals surface area contributed by atoms with Gasteiger partial charge in [-0.15, -0.1) is 0 Å². The van der Waals surface area contributed by atoms with Crippen LogP contribution in [0, 0.1) is 6.92 Å². The van der Waals surface area contributed by atoms with Gasteiger partial charge in [0.25, 0.3) is 11.1 Å². The van der Waals surface area contributed by atoms with Crippen LogP contribution in [0.1, 0.15) is 17.8 Å². The van der Waals surface area contributed by atoms with Crippen LogP contribution in [0.3, 0.4) is 0 Å². The molecular weight excluding hydrogens is 318 g/mol. The first-order chi connectivity index (χ1) is 12.1. The molecule has 0 spiro atoms. The van der Waals surface area contributed by atoms with E-state index < -0.39 is 0 Å². The molecule has 0 saturated heterocycles. The fourth-order valence-corrected chi connectivity index (χ4v) is 3.25. The van der Waals surface area contributed by atoms with Crippen LogP contribution in [-0.2, 0) is 13.0 Å². The van der Waals surface area contributed by atoms with Crippen molar-refractivity contribution in [3.05, 3.63) is 68.6 Å². The molecule has 0 radical (unpaired) electrons. The van der Waals surface area contributed by atoms with Gasteiger partial charge in [-0.25, -0.2) is 0 Å². The van der Waals surface area contributed by atoms with Gasteiger partial charge in [-0.05, 0) is 37.3 Å². The highest BCUT2D eigenvalue weighted by Gasteiger charge is 2.13. The number of rotatable bonds is 4. The summed E-state index contributed by atoms with van der Waals surface area (Å²) in [5.74, 6) is 0. The lowest BCUT2D eigenvalue weighted by atomic mass is 10.1. The topological polar surface area (TPSA) is 96.4 Å². The van der Waals surface area contributed by atoms with E-state index in [0.717, 1.165) is 13.0 Å². The Kier molecular flexibility index (Phi) is 3.68. The van der Waals surface area contributed by atoms with Crippen molar-refractivity contribution in [1.82, 2.24) is 25.0 Å². The molecule has 4 aromatic rings. The first-order valence-corrected chi connectivity index (χ1v) is 8.16. The molecule has 1 aromatic carbocycles. The second-order valence-electron chi connectivity index (χ2n) is 6.06. The zero-order valence-corrected chi connectivity index (χ0v) is 13.7. The van der Waals surface area contributed by atoms with Gasteiger partial charge in [-0.2, -0.15) is 10.2 Å². The van der Waals surface area contributed by atoms with Crippen molar-refractivity contribution in [2.75, 3.05) is 0 Å². The predicted molar refractivity (Wildman–Crippen MR) is 95.8 cm³/mol. The summed E-state index contributed by atoms with van der Waals surface area (Å²) in [5, 5.41) is 14.8. The molecule has 4 rings (SSSR count). The Morgan fingerprint density at radius 2 is 1.76 bits per heavy atom. The van der Waals surface area contributed by atoms with E-state index in [1.807, 2.05) is 12.1 Å². The van der Waals surface area contributed by atoms with E-state index in [4.69, 9.17) is 0 Å². The maximum atomic E-state index is 12.2. The maximum Gasteiger partial charge on any atom is 0.272 e. The smallest absolute Gasteiger partial charge is 0.272 e. The van der Waals surface area contributed by atoms with Crippen molar-refractivity contribution >= 4 is 21.7 Å². The number of aryl methyl sites for hydroxylation is 3. The number of para-hydroxylation sites is 1. The van der Waals surface area contributed by atoms with Crippen molar-refractivity contribution in [3.63, 3.8) is 0 Å². The van der Waals surface area contributed by atoms with Crippen LogP contribution >= 0.6 is 0 Å². The van der Waals surface area contributed by atoms with Crippen molar-refractivity contribution in [2.45, 2.75) is 26.3 Å². The first-order valence-electron chi connectivity index (χ1n) is 8.16. The SMILES string of the molecule is Cc1nnc(CCCn2ccc3ccccc32)c2c(=O)[nH][nH]c(=O)c12. The van der Waals surface area contributed by atoms with Crippen molar-refractivity contribution < 1.29 is 0 Å². The highest BCUT2D eigenvalue weighted by atomic mass is 16.1. The molecule has 0 fully saturated rings. The van der Waals surface area contributed by atoms with E-state index in [1.165, 1.54) is 10.9 Å². The summed E-state index contributed by atoms with van der Waals surface area (Å²) in [5.41, 5.74) is 1.51. The van der Waals surface area contributed by atoms with Crippen molar-refractivity contribution in [3.8, 4) is 0 Å². The van der Waals surface area contributed by atoms with Crippen LogP contribution in [-0.4, -0.2) is 25.0 Å². The minimum absolute atomic E-state index is 0.320. The van der Waals surface area contributed by atoms with Crippen LogP contribution in [0.2, 0.25) is 0 Å². The molecule has 0 saturated carbocycles. The number of hydrogen-bond donors (Lipinski definition) is 2. The van der Waals surface area contributed by atoms with Crippen LogP contribution in [0.15, 0.2) is 46.1 Å². The summed E-state index contributed by atoms with van der Waals surface area (Å²) in [6.07, 6.45) is 3.42. The van der Waals surface area contributed by atoms with E-state index in [0.29, 0.717) is 28.6 Å². The van der Waals surface area contributed by atoms with Crippen LogP contribution < -0.4 is 11.1 Å². The Labute approximate surface area is 142 Å². The van der Waals surface area contributed by atoms with E-state index in [1.54, 1.807) is 6.92 Å². The second-order valence-corrected chi connectivity index (χ2v) is 6.06. The molecule has 126 valence electrons. The lowest BCUT2D eigenvalue weighted by Gasteiger charge is -2.07.